The minimum Gasteiger partial charge on any atom is -0.356 e. The Hall–Kier alpha value is -1.22. The number of benzene rings is 1. The highest BCUT2D eigenvalue weighted by Crippen LogP contribution is 2.41. The fourth-order valence-electron chi connectivity index (χ4n) is 3.34. The Bertz CT molecular complexity index is 492. The number of aliphatic imine (C=N–C) groups is 1. The topological polar surface area (TPSA) is 36.4 Å². The number of halogens is 1. The molecule has 0 saturated heterocycles. The Kier molecular flexibility index (Phi) is 4.16. The van der Waals surface area contributed by atoms with Gasteiger partial charge in [0.2, 0.25) is 0 Å². The maximum Gasteiger partial charge on any atom is 0.191 e. The lowest BCUT2D eigenvalue weighted by Gasteiger charge is -2.31. The molecule has 0 atom stereocenters. The van der Waals surface area contributed by atoms with Gasteiger partial charge in [0.25, 0.3) is 0 Å². The molecule has 2 N–H and O–H groups in total. The number of hydrogen-bond donors (Lipinski definition) is 2. The summed E-state index contributed by atoms with van der Waals surface area (Å²) < 4.78 is 0. The number of hydrogen-bond acceptors (Lipinski definition) is 3. The smallest absolute Gasteiger partial charge is 0.191 e. The Labute approximate surface area is 125 Å². The van der Waals surface area contributed by atoms with Gasteiger partial charge in [0.1, 0.15) is 0 Å². The van der Waals surface area contributed by atoms with Crippen molar-refractivity contribution in [2.75, 3.05) is 19.6 Å². The molecule has 3 rings (SSSR count). The van der Waals surface area contributed by atoms with E-state index in [2.05, 4.69) is 33.8 Å². The predicted molar refractivity (Wildman–Crippen MR) is 84.5 cm³/mol. The average Bonchev–Trinajstić information content (AvgIpc) is 2.96. The van der Waals surface area contributed by atoms with Crippen LogP contribution >= 0.6 is 11.6 Å². The van der Waals surface area contributed by atoms with E-state index < -0.39 is 0 Å². The minimum atomic E-state index is 0.215. The third-order valence-corrected chi connectivity index (χ3v) is 4.72. The van der Waals surface area contributed by atoms with E-state index >= 15 is 0 Å². The molecule has 1 aromatic rings. The van der Waals surface area contributed by atoms with Gasteiger partial charge in [-0.2, -0.15) is 0 Å². The zero-order valence-corrected chi connectivity index (χ0v) is 12.5. The molecule has 1 aliphatic carbocycles. The molecule has 0 spiro atoms. The molecule has 1 fully saturated rings. The summed E-state index contributed by atoms with van der Waals surface area (Å²) in [5.41, 5.74) is 1.58. The molecule has 0 unspecified atom stereocenters. The van der Waals surface area contributed by atoms with E-state index in [1.165, 1.54) is 31.2 Å². The Morgan fingerprint density at radius 2 is 2.10 bits per heavy atom. The lowest BCUT2D eigenvalue weighted by atomic mass is 9.79. The van der Waals surface area contributed by atoms with Crippen molar-refractivity contribution in [1.29, 1.82) is 0 Å². The van der Waals surface area contributed by atoms with Gasteiger partial charge in [-0.1, -0.05) is 36.6 Å². The maximum atomic E-state index is 6.18. The van der Waals surface area contributed by atoms with E-state index in [4.69, 9.17) is 11.6 Å². The first-order valence-corrected chi connectivity index (χ1v) is 7.95. The summed E-state index contributed by atoms with van der Waals surface area (Å²) in [4.78, 5) is 4.50. The molecular formula is C16H22ClN3. The summed E-state index contributed by atoms with van der Waals surface area (Å²) in [6, 6.07) is 8.36. The van der Waals surface area contributed by atoms with Crippen molar-refractivity contribution in [3.63, 3.8) is 0 Å². The molecular weight excluding hydrogens is 270 g/mol. The molecule has 0 amide bonds. The van der Waals surface area contributed by atoms with Gasteiger partial charge in [-0.05, 0) is 37.0 Å². The van der Waals surface area contributed by atoms with Gasteiger partial charge in [0.15, 0.2) is 5.96 Å². The number of nitrogens with one attached hydrogen (secondary N) is 2. The summed E-state index contributed by atoms with van der Waals surface area (Å²) in [6.45, 7) is 2.90. The second-order valence-corrected chi connectivity index (χ2v) is 6.30. The van der Waals surface area contributed by atoms with Crippen LogP contribution in [-0.2, 0) is 5.41 Å². The SMILES string of the molecule is Clc1cccc(C2(CNC3=NCCCN3)CCCC2)c1. The fourth-order valence-corrected chi connectivity index (χ4v) is 3.53. The van der Waals surface area contributed by atoms with Gasteiger partial charge in [-0.15, -0.1) is 0 Å². The van der Waals surface area contributed by atoms with E-state index in [1.807, 2.05) is 6.07 Å². The molecule has 1 saturated carbocycles. The summed E-state index contributed by atoms with van der Waals surface area (Å²) >= 11 is 6.18. The van der Waals surface area contributed by atoms with Crippen molar-refractivity contribution in [2.24, 2.45) is 4.99 Å². The minimum absolute atomic E-state index is 0.215. The van der Waals surface area contributed by atoms with E-state index in [0.29, 0.717) is 0 Å². The lowest BCUT2D eigenvalue weighted by molar-refractivity contribution is 0.430. The van der Waals surface area contributed by atoms with Crippen molar-refractivity contribution in [2.45, 2.75) is 37.5 Å². The summed E-state index contributed by atoms with van der Waals surface area (Å²) in [7, 11) is 0. The van der Waals surface area contributed by atoms with Crippen molar-refractivity contribution >= 4 is 17.6 Å². The van der Waals surface area contributed by atoms with Gasteiger partial charge in [0, 0.05) is 30.1 Å². The molecule has 2 aliphatic rings. The highest BCUT2D eigenvalue weighted by molar-refractivity contribution is 6.30. The summed E-state index contributed by atoms with van der Waals surface area (Å²) in [5.74, 6) is 0.963. The first-order valence-electron chi connectivity index (χ1n) is 7.57. The molecule has 108 valence electrons. The van der Waals surface area contributed by atoms with Crippen LogP contribution in [0.15, 0.2) is 29.3 Å². The standard InChI is InChI=1S/C16H22ClN3/c17-14-6-3-5-13(11-14)16(7-1-2-8-16)12-20-15-18-9-4-10-19-15/h3,5-6,11H,1-2,4,7-10,12H2,(H2,18,19,20). The van der Waals surface area contributed by atoms with Crippen LogP contribution in [0.2, 0.25) is 5.02 Å². The molecule has 0 bridgehead atoms. The molecule has 1 aliphatic heterocycles. The molecule has 1 heterocycles. The second-order valence-electron chi connectivity index (χ2n) is 5.86. The number of nitrogens with zero attached hydrogens (tertiary/aromatic N) is 1. The molecule has 0 radical (unpaired) electrons. The van der Waals surface area contributed by atoms with Gasteiger partial charge in [-0.25, -0.2) is 0 Å². The molecule has 20 heavy (non-hydrogen) atoms. The first-order chi connectivity index (χ1) is 9.78. The van der Waals surface area contributed by atoms with Crippen LogP contribution in [0.25, 0.3) is 0 Å². The molecule has 4 heteroatoms. The van der Waals surface area contributed by atoms with Gasteiger partial charge >= 0.3 is 0 Å². The predicted octanol–water partition coefficient (Wildman–Crippen LogP) is 3.09. The Balaban J connectivity index is 1.76. The Morgan fingerprint density at radius 1 is 1.25 bits per heavy atom. The van der Waals surface area contributed by atoms with Crippen LogP contribution in [0.3, 0.4) is 0 Å². The van der Waals surface area contributed by atoms with Crippen LogP contribution < -0.4 is 10.6 Å². The van der Waals surface area contributed by atoms with E-state index in [-0.39, 0.29) is 5.41 Å². The third kappa shape index (κ3) is 2.93. The van der Waals surface area contributed by atoms with Crippen LogP contribution in [0.1, 0.15) is 37.7 Å². The number of rotatable bonds is 3. The van der Waals surface area contributed by atoms with Crippen LogP contribution in [0, 0.1) is 0 Å². The van der Waals surface area contributed by atoms with Gasteiger partial charge < -0.3 is 10.6 Å². The molecule has 0 aromatic heterocycles. The fraction of sp³-hybridized carbons (Fsp3) is 0.562. The maximum absolute atomic E-state index is 6.18. The third-order valence-electron chi connectivity index (χ3n) is 4.49. The van der Waals surface area contributed by atoms with Crippen LogP contribution in [0.5, 0.6) is 0 Å². The van der Waals surface area contributed by atoms with E-state index in [9.17, 15) is 0 Å². The van der Waals surface area contributed by atoms with Gasteiger partial charge in [-0.3, -0.25) is 4.99 Å². The average molecular weight is 292 g/mol. The van der Waals surface area contributed by atoms with E-state index in [0.717, 1.165) is 37.0 Å². The van der Waals surface area contributed by atoms with Crippen molar-refractivity contribution in [3.8, 4) is 0 Å². The molecule has 3 nitrogen and oxygen atoms in total. The van der Waals surface area contributed by atoms with E-state index in [1.54, 1.807) is 0 Å². The highest BCUT2D eigenvalue weighted by Gasteiger charge is 2.35. The van der Waals surface area contributed by atoms with Gasteiger partial charge in [0.05, 0.1) is 0 Å². The zero-order valence-electron chi connectivity index (χ0n) is 11.8. The van der Waals surface area contributed by atoms with Crippen LogP contribution in [0.4, 0.5) is 0 Å². The van der Waals surface area contributed by atoms with Crippen molar-refractivity contribution < 1.29 is 0 Å². The zero-order chi connectivity index (χ0) is 13.8. The molecule has 1 aromatic carbocycles. The summed E-state index contributed by atoms with van der Waals surface area (Å²) in [6.07, 6.45) is 6.19. The lowest BCUT2D eigenvalue weighted by Crippen LogP contribution is -2.46. The van der Waals surface area contributed by atoms with Crippen molar-refractivity contribution in [1.82, 2.24) is 10.6 Å². The summed E-state index contributed by atoms with van der Waals surface area (Å²) in [5, 5.41) is 7.69. The largest absolute Gasteiger partial charge is 0.356 e. The quantitative estimate of drug-likeness (QED) is 0.898. The highest BCUT2D eigenvalue weighted by atomic mass is 35.5. The first kappa shape index (κ1) is 13.7. The number of guanidine groups is 1. The van der Waals surface area contributed by atoms with Crippen LogP contribution in [-0.4, -0.2) is 25.6 Å². The monoisotopic (exact) mass is 291 g/mol. The Morgan fingerprint density at radius 3 is 2.80 bits per heavy atom. The van der Waals surface area contributed by atoms with Crippen molar-refractivity contribution in [3.05, 3.63) is 34.9 Å². The second kappa shape index (κ2) is 6.04. The normalized spacial score (nSPS) is 21.1.